The van der Waals surface area contributed by atoms with Crippen molar-refractivity contribution in [3.63, 3.8) is 0 Å². The lowest BCUT2D eigenvalue weighted by Gasteiger charge is -2.24. The molecule has 0 radical (unpaired) electrons. The number of rotatable bonds is 8. The second-order valence-electron chi connectivity index (χ2n) is 7.67. The largest absolute Gasteiger partial charge is 0.356 e. The average molecular weight is 524 g/mol. The van der Waals surface area contributed by atoms with Crippen molar-refractivity contribution >= 4 is 41.5 Å². The fourth-order valence-corrected chi connectivity index (χ4v) is 3.42. The van der Waals surface area contributed by atoms with Crippen molar-refractivity contribution in [2.45, 2.75) is 52.6 Å². The number of carbonyl (C=O) groups is 1. The number of benzene rings is 1. The maximum absolute atomic E-state index is 12.1. The molecule has 1 aliphatic rings. The van der Waals surface area contributed by atoms with Crippen LogP contribution in [-0.2, 0) is 17.9 Å². The lowest BCUT2D eigenvalue weighted by Crippen LogP contribution is -2.37. The maximum atomic E-state index is 12.1. The summed E-state index contributed by atoms with van der Waals surface area (Å²) < 4.78 is 2.04. The van der Waals surface area contributed by atoms with Crippen LogP contribution >= 0.6 is 24.0 Å². The number of guanidine groups is 1. The third-order valence-electron chi connectivity index (χ3n) is 5.30. The zero-order valence-electron chi connectivity index (χ0n) is 18.1. The zero-order valence-corrected chi connectivity index (χ0v) is 20.4. The third kappa shape index (κ3) is 7.00. The zero-order chi connectivity index (χ0) is 20.6. The van der Waals surface area contributed by atoms with Crippen LogP contribution in [0.2, 0.25) is 0 Å². The molecular formula is C22H33IN6O. The summed E-state index contributed by atoms with van der Waals surface area (Å²) >= 11 is 0. The lowest BCUT2D eigenvalue weighted by molar-refractivity contribution is -0.122. The van der Waals surface area contributed by atoms with Gasteiger partial charge >= 0.3 is 0 Å². The molecule has 3 rings (SSSR count). The van der Waals surface area contributed by atoms with Gasteiger partial charge in [-0.05, 0) is 56.9 Å². The second kappa shape index (κ2) is 11.9. The molecule has 1 aliphatic carbocycles. The van der Waals surface area contributed by atoms with Crippen LogP contribution in [0.25, 0.3) is 0 Å². The molecule has 0 aliphatic heterocycles. The Balaban J connectivity index is 0.00000320. The van der Waals surface area contributed by atoms with Crippen LogP contribution in [0.4, 0.5) is 5.69 Å². The van der Waals surface area contributed by atoms with Crippen LogP contribution in [-0.4, -0.2) is 35.2 Å². The lowest BCUT2D eigenvalue weighted by atomic mass is 9.85. The van der Waals surface area contributed by atoms with E-state index in [2.05, 4.69) is 39.0 Å². The molecule has 0 saturated heterocycles. The molecule has 1 aromatic carbocycles. The Labute approximate surface area is 196 Å². The summed E-state index contributed by atoms with van der Waals surface area (Å²) in [6.07, 6.45) is 4.14. The fraction of sp³-hybridized carbons (Fsp3) is 0.500. The van der Waals surface area contributed by atoms with E-state index in [9.17, 15) is 4.79 Å². The summed E-state index contributed by atoms with van der Waals surface area (Å²) in [5.41, 5.74) is 4.20. The van der Waals surface area contributed by atoms with Crippen LogP contribution in [0.5, 0.6) is 0 Å². The van der Waals surface area contributed by atoms with Crippen molar-refractivity contribution in [1.29, 1.82) is 0 Å². The molecule has 1 saturated carbocycles. The summed E-state index contributed by atoms with van der Waals surface area (Å²) in [6, 6.07) is 10.1. The van der Waals surface area contributed by atoms with Crippen LogP contribution in [0, 0.1) is 19.8 Å². The van der Waals surface area contributed by atoms with E-state index >= 15 is 0 Å². The molecule has 1 heterocycles. The van der Waals surface area contributed by atoms with Gasteiger partial charge in [0.2, 0.25) is 5.91 Å². The SMILES string of the molecule is CN=C(NCCCn1nc(C)cc1C)NCc1cccc(NC(=O)C2CCC2)c1.I. The van der Waals surface area contributed by atoms with Gasteiger partial charge in [0.1, 0.15) is 0 Å². The first-order valence-corrected chi connectivity index (χ1v) is 10.4. The molecule has 3 N–H and O–H groups in total. The van der Waals surface area contributed by atoms with Gasteiger partial charge in [-0.15, -0.1) is 24.0 Å². The Morgan fingerprint density at radius 2 is 2.03 bits per heavy atom. The van der Waals surface area contributed by atoms with E-state index in [-0.39, 0.29) is 35.8 Å². The second-order valence-corrected chi connectivity index (χ2v) is 7.67. The summed E-state index contributed by atoms with van der Waals surface area (Å²) in [7, 11) is 1.77. The summed E-state index contributed by atoms with van der Waals surface area (Å²) in [5, 5.41) is 14.2. The number of aliphatic imine (C=N–C) groups is 1. The van der Waals surface area contributed by atoms with E-state index in [0.717, 1.165) is 61.7 Å². The number of carbonyl (C=O) groups excluding carboxylic acids is 1. The van der Waals surface area contributed by atoms with E-state index in [4.69, 9.17) is 0 Å². The Kier molecular flexibility index (Phi) is 9.61. The van der Waals surface area contributed by atoms with E-state index in [1.54, 1.807) is 7.05 Å². The monoisotopic (exact) mass is 524 g/mol. The number of hydrogen-bond donors (Lipinski definition) is 3. The molecule has 7 nitrogen and oxygen atoms in total. The highest BCUT2D eigenvalue weighted by molar-refractivity contribution is 14.0. The van der Waals surface area contributed by atoms with Crippen molar-refractivity contribution in [2.24, 2.45) is 10.9 Å². The van der Waals surface area contributed by atoms with Gasteiger partial charge in [-0.3, -0.25) is 14.5 Å². The molecule has 8 heteroatoms. The summed E-state index contributed by atoms with van der Waals surface area (Å²) in [4.78, 5) is 16.4. The van der Waals surface area contributed by atoms with Crippen molar-refractivity contribution in [3.05, 3.63) is 47.3 Å². The van der Waals surface area contributed by atoms with Crippen molar-refractivity contribution in [1.82, 2.24) is 20.4 Å². The highest BCUT2D eigenvalue weighted by Gasteiger charge is 2.25. The van der Waals surface area contributed by atoms with E-state index in [1.165, 1.54) is 5.69 Å². The van der Waals surface area contributed by atoms with Gasteiger partial charge in [-0.2, -0.15) is 5.10 Å². The van der Waals surface area contributed by atoms with Gasteiger partial charge in [-0.1, -0.05) is 18.6 Å². The van der Waals surface area contributed by atoms with Crippen LogP contribution in [0.3, 0.4) is 0 Å². The number of aromatic nitrogens is 2. The molecule has 0 unspecified atom stereocenters. The molecule has 0 atom stereocenters. The highest BCUT2D eigenvalue weighted by atomic mass is 127. The molecule has 1 aromatic heterocycles. The Hall–Kier alpha value is -2.10. The molecule has 1 fully saturated rings. The molecule has 2 aromatic rings. The van der Waals surface area contributed by atoms with Crippen LogP contribution in [0.15, 0.2) is 35.3 Å². The molecule has 30 heavy (non-hydrogen) atoms. The average Bonchev–Trinajstić information content (AvgIpc) is 2.97. The third-order valence-corrected chi connectivity index (χ3v) is 5.30. The number of nitrogens with zero attached hydrogens (tertiary/aromatic N) is 3. The number of nitrogens with one attached hydrogen (secondary N) is 3. The Morgan fingerprint density at radius 1 is 1.23 bits per heavy atom. The minimum Gasteiger partial charge on any atom is -0.356 e. The Bertz CT molecular complexity index is 859. The predicted molar refractivity (Wildman–Crippen MR) is 132 cm³/mol. The first kappa shape index (κ1) is 24.2. The van der Waals surface area contributed by atoms with Crippen LogP contribution < -0.4 is 16.0 Å². The molecule has 164 valence electrons. The first-order chi connectivity index (χ1) is 14.0. The number of anilines is 1. The van der Waals surface area contributed by atoms with Crippen molar-refractivity contribution in [3.8, 4) is 0 Å². The smallest absolute Gasteiger partial charge is 0.227 e. The number of aryl methyl sites for hydroxylation is 3. The van der Waals surface area contributed by atoms with Gasteiger partial charge in [0.15, 0.2) is 5.96 Å². The normalized spacial score (nSPS) is 13.9. The first-order valence-electron chi connectivity index (χ1n) is 10.4. The number of amides is 1. The maximum Gasteiger partial charge on any atom is 0.227 e. The number of halogens is 1. The highest BCUT2D eigenvalue weighted by Crippen LogP contribution is 2.27. The number of hydrogen-bond acceptors (Lipinski definition) is 3. The summed E-state index contributed by atoms with van der Waals surface area (Å²) in [6.45, 7) is 6.43. The molecule has 1 amide bonds. The van der Waals surface area contributed by atoms with Gasteiger partial charge < -0.3 is 16.0 Å². The Morgan fingerprint density at radius 3 is 2.67 bits per heavy atom. The quantitative estimate of drug-likeness (QED) is 0.213. The molecule has 0 bridgehead atoms. The van der Waals surface area contributed by atoms with Gasteiger partial charge in [-0.25, -0.2) is 0 Å². The fourth-order valence-electron chi connectivity index (χ4n) is 3.42. The van der Waals surface area contributed by atoms with E-state index in [0.29, 0.717) is 6.54 Å². The summed E-state index contributed by atoms with van der Waals surface area (Å²) in [5.74, 6) is 1.10. The molecular weight excluding hydrogens is 491 g/mol. The minimum absolute atomic E-state index is 0. The van der Waals surface area contributed by atoms with E-state index < -0.39 is 0 Å². The standard InChI is InChI=1S/C22H32N6O.HI/c1-16-13-17(2)28(27-16)12-6-11-24-22(23-3)25-15-18-7-4-10-20(14-18)26-21(29)19-8-5-9-19;/h4,7,10,13-14,19H,5-6,8-9,11-12,15H2,1-3H3,(H,26,29)(H2,23,24,25);1H. The van der Waals surface area contributed by atoms with E-state index in [1.807, 2.05) is 35.9 Å². The predicted octanol–water partition coefficient (Wildman–Crippen LogP) is 3.61. The van der Waals surface area contributed by atoms with Gasteiger partial charge in [0.05, 0.1) is 5.69 Å². The van der Waals surface area contributed by atoms with Crippen molar-refractivity contribution < 1.29 is 4.79 Å². The van der Waals surface area contributed by atoms with Crippen LogP contribution in [0.1, 0.15) is 42.6 Å². The van der Waals surface area contributed by atoms with Crippen molar-refractivity contribution in [2.75, 3.05) is 18.9 Å². The topological polar surface area (TPSA) is 83.3 Å². The minimum atomic E-state index is 0. The van der Waals surface area contributed by atoms with Gasteiger partial charge in [0.25, 0.3) is 0 Å². The van der Waals surface area contributed by atoms with Gasteiger partial charge in [0, 0.05) is 44.0 Å². The molecule has 0 spiro atoms.